The number of carbonyl (C=O) groups is 3. The lowest BCUT2D eigenvalue weighted by Crippen LogP contribution is -2.38. The van der Waals surface area contributed by atoms with Crippen LogP contribution in [0.25, 0.3) is 0 Å². The molecule has 3 rings (SSSR count). The van der Waals surface area contributed by atoms with Gasteiger partial charge in [-0.3, -0.25) is 9.10 Å². The first-order chi connectivity index (χ1) is 17.1. The summed E-state index contributed by atoms with van der Waals surface area (Å²) in [5, 5.41) is 2.91. The molecule has 0 aliphatic rings. The summed E-state index contributed by atoms with van der Waals surface area (Å²) < 4.78 is 37.4. The number of ether oxygens (including phenoxy) is 2. The predicted octanol–water partition coefficient (Wildman–Crippen LogP) is 4.06. The molecule has 0 heterocycles. The van der Waals surface area contributed by atoms with Crippen molar-refractivity contribution in [3.63, 3.8) is 0 Å². The van der Waals surface area contributed by atoms with Crippen LogP contribution in [0.2, 0.25) is 5.02 Å². The van der Waals surface area contributed by atoms with Crippen LogP contribution in [-0.2, 0) is 24.3 Å². The van der Waals surface area contributed by atoms with Crippen molar-refractivity contribution in [2.45, 2.75) is 11.8 Å². The number of benzene rings is 3. The van der Waals surface area contributed by atoms with E-state index in [-0.39, 0.29) is 21.7 Å². The van der Waals surface area contributed by atoms with Gasteiger partial charge >= 0.3 is 11.9 Å². The predicted molar refractivity (Wildman–Crippen MR) is 135 cm³/mol. The molecule has 0 unspecified atom stereocenters. The van der Waals surface area contributed by atoms with Gasteiger partial charge in [0, 0.05) is 10.7 Å². The summed E-state index contributed by atoms with van der Waals surface area (Å²) in [5.74, 6) is -2.18. The zero-order valence-electron chi connectivity index (χ0n) is 19.6. The highest BCUT2D eigenvalue weighted by Gasteiger charge is 2.28. The minimum absolute atomic E-state index is 0.000228. The molecule has 188 valence electrons. The van der Waals surface area contributed by atoms with Crippen molar-refractivity contribution in [2.75, 3.05) is 30.4 Å². The van der Waals surface area contributed by atoms with Crippen molar-refractivity contribution in [1.29, 1.82) is 0 Å². The fourth-order valence-electron chi connectivity index (χ4n) is 3.38. The van der Waals surface area contributed by atoms with E-state index >= 15 is 0 Å². The van der Waals surface area contributed by atoms with Gasteiger partial charge in [0.05, 0.1) is 35.9 Å². The summed E-state index contributed by atoms with van der Waals surface area (Å²) >= 11 is 5.91. The number of hydrogen-bond donors (Lipinski definition) is 1. The van der Waals surface area contributed by atoms with E-state index in [1.807, 2.05) is 0 Å². The first-order valence-corrected chi connectivity index (χ1v) is 12.3. The Morgan fingerprint density at radius 1 is 0.889 bits per heavy atom. The number of halogens is 1. The van der Waals surface area contributed by atoms with E-state index in [0.29, 0.717) is 16.3 Å². The maximum atomic E-state index is 13.5. The number of para-hydroxylation sites is 1. The molecular weight excluding hydrogens is 508 g/mol. The lowest BCUT2D eigenvalue weighted by molar-refractivity contribution is -0.114. The van der Waals surface area contributed by atoms with Crippen LogP contribution in [0.1, 0.15) is 26.3 Å². The second kappa shape index (κ2) is 11.2. The summed E-state index contributed by atoms with van der Waals surface area (Å²) in [6.07, 6.45) is 0. The first-order valence-electron chi connectivity index (χ1n) is 10.5. The molecule has 0 saturated heterocycles. The summed E-state index contributed by atoms with van der Waals surface area (Å²) in [6.45, 7) is 1.13. The Bertz CT molecular complexity index is 1370. The van der Waals surface area contributed by atoms with Gasteiger partial charge in [-0.15, -0.1) is 0 Å². The molecule has 1 amide bonds. The van der Waals surface area contributed by atoms with Gasteiger partial charge in [-0.05, 0) is 61.0 Å². The monoisotopic (exact) mass is 530 g/mol. The molecule has 11 heteroatoms. The maximum absolute atomic E-state index is 13.5. The molecule has 36 heavy (non-hydrogen) atoms. The summed E-state index contributed by atoms with van der Waals surface area (Å²) in [5.41, 5.74) is 1.02. The SMILES string of the molecule is COC(=O)c1cc(NC(=O)CN(c2ccccc2C)S(=O)(=O)c2ccc(Cl)cc2)cc(C(=O)OC)c1. The topological polar surface area (TPSA) is 119 Å². The van der Waals surface area contributed by atoms with E-state index in [4.69, 9.17) is 21.1 Å². The largest absolute Gasteiger partial charge is 0.465 e. The fourth-order valence-corrected chi connectivity index (χ4v) is 4.99. The average molecular weight is 531 g/mol. The van der Waals surface area contributed by atoms with Crippen LogP contribution in [0.15, 0.2) is 71.6 Å². The molecule has 0 aromatic heterocycles. The van der Waals surface area contributed by atoms with Gasteiger partial charge in [0.25, 0.3) is 10.0 Å². The molecule has 0 aliphatic carbocycles. The van der Waals surface area contributed by atoms with Crippen LogP contribution < -0.4 is 9.62 Å². The highest BCUT2D eigenvalue weighted by atomic mass is 35.5. The van der Waals surface area contributed by atoms with Crippen LogP contribution in [0.5, 0.6) is 0 Å². The lowest BCUT2D eigenvalue weighted by atomic mass is 10.1. The number of amides is 1. The molecule has 3 aromatic carbocycles. The van der Waals surface area contributed by atoms with E-state index < -0.39 is 34.4 Å². The minimum atomic E-state index is -4.17. The molecule has 0 bridgehead atoms. The average Bonchev–Trinajstić information content (AvgIpc) is 2.86. The Morgan fingerprint density at radius 3 is 1.97 bits per heavy atom. The molecule has 3 aromatic rings. The van der Waals surface area contributed by atoms with E-state index in [0.717, 1.165) is 4.31 Å². The number of methoxy groups -OCH3 is 2. The normalized spacial score (nSPS) is 10.9. The lowest BCUT2D eigenvalue weighted by Gasteiger charge is -2.25. The Morgan fingerprint density at radius 2 is 1.44 bits per heavy atom. The number of nitrogens with one attached hydrogen (secondary N) is 1. The van der Waals surface area contributed by atoms with Crippen molar-refractivity contribution in [1.82, 2.24) is 0 Å². The van der Waals surface area contributed by atoms with E-state index in [9.17, 15) is 22.8 Å². The van der Waals surface area contributed by atoms with Gasteiger partial charge in [0.15, 0.2) is 0 Å². The summed E-state index contributed by atoms with van der Waals surface area (Å²) in [7, 11) is -1.82. The number of hydrogen-bond acceptors (Lipinski definition) is 7. The van der Waals surface area contributed by atoms with E-state index in [1.54, 1.807) is 31.2 Å². The van der Waals surface area contributed by atoms with Crippen molar-refractivity contribution >= 4 is 50.8 Å². The van der Waals surface area contributed by atoms with E-state index in [1.165, 1.54) is 56.7 Å². The highest BCUT2D eigenvalue weighted by Crippen LogP contribution is 2.27. The molecule has 9 nitrogen and oxygen atoms in total. The maximum Gasteiger partial charge on any atom is 0.337 e. The second-order valence-electron chi connectivity index (χ2n) is 7.58. The molecular formula is C25H23ClN2O7S. The summed E-state index contributed by atoms with van der Waals surface area (Å²) in [6, 6.07) is 16.2. The van der Waals surface area contributed by atoms with Gasteiger partial charge in [0.2, 0.25) is 5.91 Å². The van der Waals surface area contributed by atoms with Crippen molar-refractivity contribution in [3.05, 3.63) is 88.4 Å². The smallest absolute Gasteiger partial charge is 0.337 e. The minimum Gasteiger partial charge on any atom is -0.465 e. The van der Waals surface area contributed by atoms with Crippen molar-refractivity contribution in [3.8, 4) is 0 Å². The number of carbonyl (C=O) groups excluding carboxylic acids is 3. The van der Waals surface area contributed by atoms with Crippen molar-refractivity contribution in [2.24, 2.45) is 0 Å². The van der Waals surface area contributed by atoms with Crippen LogP contribution in [0.4, 0.5) is 11.4 Å². The molecule has 0 saturated carbocycles. The number of esters is 2. The Hall–Kier alpha value is -3.89. The van der Waals surface area contributed by atoms with E-state index in [2.05, 4.69) is 5.32 Å². The quantitative estimate of drug-likeness (QED) is 0.436. The molecule has 0 aliphatic heterocycles. The zero-order valence-corrected chi connectivity index (χ0v) is 21.2. The van der Waals surface area contributed by atoms with Gasteiger partial charge in [0.1, 0.15) is 6.54 Å². The third-order valence-corrected chi connectivity index (χ3v) is 7.16. The third-order valence-electron chi connectivity index (χ3n) is 5.13. The number of rotatable bonds is 8. The number of anilines is 2. The molecule has 0 spiro atoms. The van der Waals surface area contributed by atoms with Gasteiger partial charge in [-0.25, -0.2) is 18.0 Å². The second-order valence-corrected chi connectivity index (χ2v) is 9.88. The van der Waals surface area contributed by atoms with Gasteiger partial charge < -0.3 is 14.8 Å². The van der Waals surface area contributed by atoms with Crippen LogP contribution >= 0.6 is 11.6 Å². The van der Waals surface area contributed by atoms with Crippen molar-refractivity contribution < 1.29 is 32.3 Å². The van der Waals surface area contributed by atoms with Gasteiger partial charge in [-0.1, -0.05) is 29.8 Å². The molecule has 0 radical (unpaired) electrons. The first kappa shape index (κ1) is 26.7. The fraction of sp³-hybridized carbons (Fsp3) is 0.160. The Kier molecular flexibility index (Phi) is 8.33. The highest BCUT2D eigenvalue weighted by molar-refractivity contribution is 7.92. The molecule has 0 fully saturated rings. The Labute approximate surface area is 213 Å². The van der Waals surface area contributed by atoms with Crippen LogP contribution in [0.3, 0.4) is 0 Å². The number of nitrogens with zero attached hydrogens (tertiary/aromatic N) is 1. The van der Waals surface area contributed by atoms with Crippen LogP contribution in [-0.4, -0.2) is 47.0 Å². The standard InChI is InChI=1S/C25H23ClN2O7S/c1-16-6-4-5-7-22(16)28(36(32,33)21-10-8-19(26)9-11-21)15-23(29)27-20-13-17(24(30)34-2)12-18(14-20)25(31)35-3/h4-14H,15H2,1-3H3,(H,27,29). The van der Waals surface area contributed by atoms with Gasteiger partial charge in [-0.2, -0.15) is 0 Å². The Balaban J connectivity index is 1.99. The summed E-state index contributed by atoms with van der Waals surface area (Å²) in [4.78, 5) is 37.1. The number of sulfonamides is 1. The molecule has 0 atom stereocenters. The van der Waals surface area contributed by atoms with Crippen LogP contribution in [0, 0.1) is 6.92 Å². The molecule has 1 N–H and O–H groups in total. The number of aryl methyl sites for hydroxylation is 1. The third kappa shape index (κ3) is 6.02. The zero-order chi connectivity index (χ0) is 26.5.